The van der Waals surface area contributed by atoms with Crippen molar-refractivity contribution in [3.8, 4) is 0 Å². The number of aromatic nitrogens is 4. The zero-order valence-electron chi connectivity index (χ0n) is 12.9. The Morgan fingerprint density at radius 2 is 1.83 bits per heavy atom. The average molecular weight is 307 g/mol. The molecule has 1 aromatic carbocycles. The Morgan fingerprint density at radius 3 is 2.57 bits per heavy atom. The van der Waals surface area contributed by atoms with Crippen LogP contribution >= 0.6 is 0 Å². The van der Waals surface area contributed by atoms with Gasteiger partial charge in [-0.05, 0) is 25.1 Å². The Balaban J connectivity index is 1.51. The van der Waals surface area contributed by atoms with E-state index < -0.39 is 0 Å². The zero-order chi connectivity index (χ0) is 15.8. The van der Waals surface area contributed by atoms with E-state index in [0.29, 0.717) is 12.5 Å². The van der Waals surface area contributed by atoms with E-state index in [1.165, 1.54) is 4.68 Å². The third kappa shape index (κ3) is 2.56. The summed E-state index contributed by atoms with van der Waals surface area (Å²) in [7, 11) is 0. The molecule has 23 heavy (non-hydrogen) atoms. The van der Waals surface area contributed by atoms with Gasteiger partial charge in [-0.25, -0.2) is 14.6 Å². The summed E-state index contributed by atoms with van der Waals surface area (Å²) in [5, 5.41) is 4.11. The first-order chi connectivity index (χ1) is 11.2. The summed E-state index contributed by atoms with van der Waals surface area (Å²) in [5.74, 6) is 1.35. The molecule has 0 spiro atoms. The molecule has 1 aliphatic heterocycles. The summed E-state index contributed by atoms with van der Waals surface area (Å²) in [6.07, 6.45) is 1.65. The van der Waals surface area contributed by atoms with Gasteiger partial charge in [0.05, 0.1) is 23.3 Å². The highest BCUT2D eigenvalue weighted by molar-refractivity contribution is 5.76. The molecule has 4 rings (SSSR count). The van der Waals surface area contributed by atoms with Gasteiger partial charge in [0.1, 0.15) is 0 Å². The molecule has 6 nitrogen and oxygen atoms in total. The summed E-state index contributed by atoms with van der Waals surface area (Å²) < 4.78 is 1.53. The highest BCUT2D eigenvalue weighted by Crippen LogP contribution is 2.27. The number of hydrogen-bond donors (Lipinski definition) is 0. The lowest BCUT2D eigenvalue weighted by atomic mass is 10.00. The van der Waals surface area contributed by atoms with Crippen LogP contribution in [0.5, 0.6) is 0 Å². The lowest BCUT2D eigenvalue weighted by Gasteiger charge is -2.40. The molecule has 0 N–H and O–H groups in total. The van der Waals surface area contributed by atoms with Crippen molar-refractivity contribution in [2.45, 2.75) is 13.5 Å². The number of benzene rings is 1. The van der Waals surface area contributed by atoms with Crippen molar-refractivity contribution < 1.29 is 0 Å². The van der Waals surface area contributed by atoms with Gasteiger partial charge in [0.2, 0.25) is 0 Å². The van der Waals surface area contributed by atoms with Crippen LogP contribution in [-0.2, 0) is 6.54 Å². The molecule has 116 valence electrons. The van der Waals surface area contributed by atoms with E-state index in [4.69, 9.17) is 4.98 Å². The van der Waals surface area contributed by atoms with Gasteiger partial charge in [-0.1, -0.05) is 12.1 Å². The highest BCUT2D eigenvalue weighted by Gasteiger charge is 2.30. The second-order valence-corrected chi connectivity index (χ2v) is 5.94. The molecule has 3 aromatic rings. The number of nitrogens with zero attached hydrogens (tertiary/aromatic N) is 5. The minimum Gasteiger partial charge on any atom is -0.354 e. The van der Waals surface area contributed by atoms with E-state index in [-0.39, 0.29) is 5.56 Å². The summed E-state index contributed by atoms with van der Waals surface area (Å²) in [5.41, 5.74) is 2.73. The van der Waals surface area contributed by atoms with Crippen molar-refractivity contribution in [1.82, 2.24) is 19.7 Å². The monoisotopic (exact) mass is 307 g/mol. The molecule has 0 aliphatic carbocycles. The normalized spacial score (nSPS) is 14.9. The quantitative estimate of drug-likeness (QED) is 0.736. The molecule has 2 aromatic heterocycles. The van der Waals surface area contributed by atoms with Gasteiger partial charge < -0.3 is 4.90 Å². The van der Waals surface area contributed by atoms with Crippen LogP contribution in [-0.4, -0.2) is 32.8 Å². The number of aryl methyl sites for hydroxylation is 1. The van der Waals surface area contributed by atoms with Gasteiger partial charge in [-0.2, -0.15) is 5.10 Å². The van der Waals surface area contributed by atoms with Gasteiger partial charge in [0.25, 0.3) is 5.56 Å². The molecule has 6 heteroatoms. The van der Waals surface area contributed by atoms with E-state index in [1.54, 1.807) is 18.3 Å². The van der Waals surface area contributed by atoms with Crippen molar-refractivity contribution in [2.75, 3.05) is 18.0 Å². The smallest absolute Gasteiger partial charge is 0.266 e. The summed E-state index contributed by atoms with van der Waals surface area (Å²) in [6, 6.07) is 11.1. The van der Waals surface area contributed by atoms with Gasteiger partial charge in [-0.15, -0.1) is 0 Å². The molecule has 1 aliphatic rings. The van der Waals surface area contributed by atoms with E-state index in [2.05, 4.69) is 15.0 Å². The maximum absolute atomic E-state index is 11.7. The summed E-state index contributed by atoms with van der Waals surface area (Å²) in [4.78, 5) is 23.3. The molecule has 0 saturated carbocycles. The SMILES string of the molecule is Cc1nc2ccccc2nc1N1CC(Cn2ncccc2=O)C1. The van der Waals surface area contributed by atoms with Crippen LogP contribution in [0, 0.1) is 12.8 Å². The molecule has 3 heterocycles. The first-order valence-electron chi connectivity index (χ1n) is 7.71. The number of para-hydroxylation sites is 2. The van der Waals surface area contributed by atoms with Gasteiger partial charge in [0, 0.05) is 31.3 Å². The van der Waals surface area contributed by atoms with Crippen molar-refractivity contribution in [3.63, 3.8) is 0 Å². The van der Waals surface area contributed by atoms with Crippen molar-refractivity contribution in [1.29, 1.82) is 0 Å². The fourth-order valence-corrected chi connectivity index (χ4v) is 3.01. The molecular weight excluding hydrogens is 290 g/mol. The molecule has 0 atom stereocenters. The number of rotatable bonds is 3. The average Bonchev–Trinajstić information content (AvgIpc) is 2.52. The van der Waals surface area contributed by atoms with Gasteiger partial charge >= 0.3 is 0 Å². The second kappa shape index (κ2) is 5.46. The standard InChI is InChI=1S/C17H17N5O/c1-12-17(20-15-6-3-2-5-14(15)19-12)21-9-13(10-21)11-22-16(23)7-4-8-18-22/h2-8,13H,9-11H2,1H3. The van der Waals surface area contributed by atoms with Crippen molar-refractivity contribution in [2.24, 2.45) is 5.92 Å². The van der Waals surface area contributed by atoms with Crippen LogP contribution in [0.4, 0.5) is 5.82 Å². The Hall–Kier alpha value is -2.76. The largest absolute Gasteiger partial charge is 0.354 e. The third-order valence-electron chi connectivity index (χ3n) is 4.19. The Kier molecular flexibility index (Phi) is 3.29. The molecule has 1 fully saturated rings. The Morgan fingerprint density at radius 1 is 1.09 bits per heavy atom. The first kappa shape index (κ1) is 13.9. The van der Waals surface area contributed by atoms with Crippen LogP contribution in [0.3, 0.4) is 0 Å². The minimum atomic E-state index is -0.0485. The molecule has 0 bridgehead atoms. The lowest BCUT2D eigenvalue weighted by Crippen LogP contribution is -2.50. The van der Waals surface area contributed by atoms with Gasteiger partial charge in [-0.3, -0.25) is 4.79 Å². The Labute approximate surface area is 133 Å². The topological polar surface area (TPSA) is 63.9 Å². The zero-order valence-corrected chi connectivity index (χ0v) is 12.9. The van der Waals surface area contributed by atoms with Crippen molar-refractivity contribution >= 4 is 16.9 Å². The minimum absolute atomic E-state index is 0.0485. The first-order valence-corrected chi connectivity index (χ1v) is 7.71. The predicted molar refractivity (Wildman–Crippen MR) is 88.5 cm³/mol. The van der Waals surface area contributed by atoms with Crippen LogP contribution in [0.25, 0.3) is 11.0 Å². The summed E-state index contributed by atoms with van der Waals surface area (Å²) >= 11 is 0. The predicted octanol–water partition coefficient (Wildman–Crippen LogP) is 1.63. The lowest BCUT2D eigenvalue weighted by molar-refractivity contribution is 0.332. The van der Waals surface area contributed by atoms with Gasteiger partial charge in [0.15, 0.2) is 5.82 Å². The van der Waals surface area contributed by atoms with Crippen molar-refractivity contribution in [3.05, 3.63) is 58.6 Å². The van der Waals surface area contributed by atoms with E-state index in [0.717, 1.165) is 35.6 Å². The van der Waals surface area contributed by atoms with Crippen LogP contribution in [0.15, 0.2) is 47.4 Å². The fraction of sp³-hybridized carbons (Fsp3) is 0.294. The number of anilines is 1. The van der Waals surface area contributed by atoms with E-state index in [1.807, 2.05) is 31.2 Å². The molecule has 0 radical (unpaired) electrons. The third-order valence-corrected chi connectivity index (χ3v) is 4.19. The van der Waals surface area contributed by atoms with Crippen LogP contribution in [0.1, 0.15) is 5.69 Å². The fourth-order valence-electron chi connectivity index (χ4n) is 3.01. The molecule has 0 amide bonds. The van der Waals surface area contributed by atoms with E-state index in [9.17, 15) is 4.79 Å². The number of fused-ring (bicyclic) bond motifs is 1. The molecule has 0 unspecified atom stereocenters. The van der Waals surface area contributed by atoms with E-state index >= 15 is 0 Å². The van der Waals surface area contributed by atoms with Crippen LogP contribution in [0.2, 0.25) is 0 Å². The molecule has 1 saturated heterocycles. The number of hydrogen-bond acceptors (Lipinski definition) is 5. The summed E-state index contributed by atoms with van der Waals surface area (Å²) in [6.45, 7) is 4.38. The maximum Gasteiger partial charge on any atom is 0.266 e. The Bertz CT molecular complexity index is 914. The maximum atomic E-state index is 11.7. The molecular formula is C17H17N5O. The highest BCUT2D eigenvalue weighted by atomic mass is 16.1. The van der Waals surface area contributed by atoms with Crippen LogP contribution < -0.4 is 10.5 Å². The second-order valence-electron chi connectivity index (χ2n) is 5.94.